The molecule has 1 atom stereocenters. The summed E-state index contributed by atoms with van der Waals surface area (Å²) < 4.78 is 4.74. The van der Waals surface area contributed by atoms with E-state index in [1.54, 1.807) is 18.2 Å². The number of carbonyl (C=O) groups excluding carboxylic acids is 1. The fourth-order valence-electron chi connectivity index (χ4n) is 2.80. The Morgan fingerprint density at radius 1 is 1.23 bits per heavy atom. The Morgan fingerprint density at radius 2 is 1.96 bits per heavy atom. The van der Waals surface area contributed by atoms with E-state index in [0.717, 1.165) is 6.42 Å². The quantitative estimate of drug-likeness (QED) is 0.544. The molecule has 0 amide bonds. The summed E-state index contributed by atoms with van der Waals surface area (Å²) in [5, 5.41) is 7.32. The minimum Gasteiger partial charge on any atom is -0.465 e. The summed E-state index contributed by atoms with van der Waals surface area (Å²) in [6.45, 7) is 6.28. The number of hydrogen-bond acceptors (Lipinski definition) is 3. The molecule has 26 heavy (non-hydrogen) atoms. The zero-order valence-electron chi connectivity index (χ0n) is 15.4. The van der Waals surface area contributed by atoms with Gasteiger partial charge in [0.1, 0.15) is 0 Å². The smallest absolute Gasteiger partial charge is 0.337 e. The number of ether oxygens (including phenoxy) is 1. The van der Waals surface area contributed by atoms with E-state index in [1.165, 1.54) is 23.8 Å². The van der Waals surface area contributed by atoms with Gasteiger partial charge in [0.2, 0.25) is 0 Å². The van der Waals surface area contributed by atoms with Crippen LogP contribution in [0.4, 0.5) is 5.69 Å². The molecule has 0 aromatic heterocycles. The molecule has 0 spiro atoms. The van der Waals surface area contributed by atoms with Crippen molar-refractivity contribution in [2.24, 2.45) is 0 Å². The minimum absolute atomic E-state index is 0.0816. The lowest BCUT2D eigenvalue weighted by molar-refractivity contribution is 0.0601. The number of halogens is 1. The van der Waals surface area contributed by atoms with Crippen molar-refractivity contribution in [3.63, 3.8) is 0 Å². The minimum atomic E-state index is -0.426. The molecule has 2 rings (SSSR count). The van der Waals surface area contributed by atoms with Crippen molar-refractivity contribution in [2.45, 2.75) is 33.2 Å². The van der Waals surface area contributed by atoms with Gasteiger partial charge in [-0.25, -0.2) is 4.79 Å². The Labute approximate surface area is 164 Å². The fraction of sp³-hybridized carbons (Fsp3) is 0.300. The third-order valence-corrected chi connectivity index (χ3v) is 4.70. The first-order chi connectivity index (χ1) is 12.3. The lowest BCUT2D eigenvalue weighted by atomic mass is 9.98. The maximum Gasteiger partial charge on any atom is 0.337 e. The van der Waals surface area contributed by atoms with Gasteiger partial charge in [0, 0.05) is 0 Å². The summed E-state index contributed by atoms with van der Waals surface area (Å²) in [5.74, 6) is -0.426. The first kappa shape index (κ1) is 20.2. The monoisotopic (exact) mass is 390 g/mol. The Morgan fingerprint density at radius 3 is 2.58 bits per heavy atom. The summed E-state index contributed by atoms with van der Waals surface area (Å²) >= 11 is 11.7. The molecule has 0 heterocycles. The van der Waals surface area contributed by atoms with Crippen molar-refractivity contribution in [1.82, 2.24) is 5.32 Å². The van der Waals surface area contributed by atoms with Crippen LogP contribution in [0.3, 0.4) is 0 Å². The second-order valence-electron chi connectivity index (χ2n) is 6.11. The topological polar surface area (TPSA) is 50.4 Å². The number of anilines is 1. The second-order valence-corrected chi connectivity index (χ2v) is 6.92. The number of esters is 1. The maximum atomic E-state index is 11.7. The highest BCUT2D eigenvalue weighted by molar-refractivity contribution is 7.80. The fourth-order valence-corrected chi connectivity index (χ4v) is 3.22. The Balaban J connectivity index is 2.15. The van der Waals surface area contributed by atoms with E-state index in [9.17, 15) is 4.79 Å². The molecule has 0 aliphatic carbocycles. The molecule has 6 heteroatoms. The number of hydrogen-bond donors (Lipinski definition) is 2. The van der Waals surface area contributed by atoms with Crippen LogP contribution in [0.1, 0.15) is 46.4 Å². The highest BCUT2D eigenvalue weighted by Gasteiger charge is 2.15. The zero-order valence-corrected chi connectivity index (χ0v) is 16.9. The van der Waals surface area contributed by atoms with E-state index in [4.69, 9.17) is 28.6 Å². The average Bonchev–Trinajstić information content (AvgIpc) is 2.61. The molecule has 0 aliphatic rings. The molecule has 2 aromatic carbocycles. The predicted octanol–water partition coefficient (Wildman–Crippen LogP) is 5.18. The Hall–Kier alpha value is -2.11. The van der Waals surface area contributed by atoms with Gasteiger partial charge in [0.25, 0.3) is 0 Å². The van der Waals surface area contributed by atoms with Gasteiger partial charge in [-0.05, 0) is 61.8 Å². The van der Waals surface area contributed by atoms with Gasteiger partial charge >= 0.3 is 5.97 Å². The van der Waals surface area contributed by atoms with Crippen LogP contribution in [0.25, 0.3) is 0 Å². The lowest BCUT2D eigenvalue weighted by Gasteiger charge is -2.22. The van der Waals surface area contributed by atoms with Crippen LogP contribution in [0.5, 0.6) is 0 Å². The molecule has 0 saturated heterocycles. The molecule has 0 fully saturated rings. The van der Waals surface area contributed by atoms with Gasteiger partial charge in [0.15, 0.2) is 5.11 Å². The Kier molecular flexibility index (Phi) is 7.00. The van der Waals surface area contributed by atoms with Gasteiger partial charge in [-0.1, -0.05) is 42.3 Å². The van der Waals surface area contributed by atoms with Crippen LogP contribution in [0.15, 0.2) is 36.4 Å². The largest absolute Gasteiger partial charge is 0.465 e. The molecule has 138 valence electrons. The van der Waals surface area contributed by atoms with Crippen LogP contribution in [0.2, 0.25) is 5.02 Å². The van der Waals surface area contributed by atoms with Crippen molar-refractivity contribution < 1.29 is 9.53 Å². The number of rotatable bonds is 5. The predicted molar refractivity (Wildman–Crippen MR) is 111 cm³/mol. The number of methoxy groups -OCH3 is 1. The van der Waals surface area contributed by atoms with Crippen molar-refractivity contribution in [3.05, 3.63) is 63.7 Å². The van der Waals surface area contributed by atoms with Crippen LogP contribution < -0.4 is 10.6 Å². The number of thiocarbonyl (C=S) groups is 1. The second kappa shape index (κ2) is 9.01. The molecule has 0 saturated carbocycles. The first-order valence-electron chi connectivity index (χ1n) is 8.38. The maximum absolute atomic E-state index is 11.7. The lowest BCUT2D eigenvalue weighted by Crippen LogP contribution is -2.32. The molecule has 2 aromatic rings. The Bertz CT molecular complexity index is 823. The first-order valence-corrected chi connectivity index (χ1v) is 9.16. The summed E-state index contributed by atoms with van der Waals surface area (Å²) in [5.41, 5.74) is 4.62. The summed E-state index contributed by atoms with van der Waals surface area (Å²) in [4.78, 5) is 11.7. The number of benzene rings is 2. The van der Waals surface area contributed by atoms with Crippen LogP contribution >= 0.6 is 23.8 Å². The third-order valence-electron chi connectivity index (χ3n) is 4.15. The van der Waals surface area contributed by atoms with Gasteiger partial charge in [0.05, 0.1) is 29.4 Å². The van der Waals surface area contributed by atoms with E-state index >= 15 is 0 Å². The molecule has 0 aliphatic heterocycles. The van der Waals surface area contributed by atoms with E-state index in [2.05, 4.69) is 49.6 Å². The SMILES string of the molecule is CC[C@H](NC(=S)Nc1cc(C(=O)OC)ccc1Cl)c1ccc(C)cc1C. The molecule has 4 nitrogen and oxygen atoms in total. The number of nitrogens with one attached hydrogen (secondary N) is 2. The van der Waals surface area contributed by atoms with Crippen LogP contribution in [-0.4, -0.2) is 18.2 Å². The summed E-state index contributed by atoms with van der Waals surface area (Å²) in [6, 6.07) is 11.3. The van der Waals surface area contributed by atoms with Gasteiger partial charge in [-0.2, -0.15) is 0 Å². The molecular formula is C20H23ClN2O2S. The van der Waals surface area contributed by atoms with Gasteiger partial charge in [-0.3, -0.25) is 0 Å². The normalized spacial score (nSPS) is 11.6. The molecule has 0 radical (unpaired) electrons. The highest BCUT2D eigenvalue weighted by atomic mass is 35.5. The van der Waals surface area contributed by atoms with Crippen LogP contribution in [-0.2, 0) is 4.74 Å². The van der Waals surface area contributed by atoms with Gasteiger partial charge < -0.3 is 15.4 Å². The van der Waals surface area contributed by atoms with E-state index in [0.29, 0.717) is 21.4 Å². The van der Waals surface area contributed by atoms with Crippen molar-refractivity contribution in [1.29, 1.82) is 0 Å². The van der Waals surface area contributed by atoms with E-state index < -0.39 is 5.97 Å². The molecule has 0 bridgehead atoms. The number of carbonyl (C=O) groups is 1. The average molecular weight is 391 g/mol. The zero-order chi connectivity index (χ0) is 19.3. The van der Waals surface area contributed by atoms with Gasteiger partial charge in [-0.15, -0.1) is 0 Å². The molecule has 0 unspecified atom stereocenters. The standard InChI is InChI=1S/C20H23ClN2O2S/c1-5-17(15-8-6-12(2)10-13(15)3)22-20(26)23-18-11-14(19(24)25-4)7-9-16(18)21/h6-11,17H,5H2,1-4H3,(H2,22,23,26)/t17-/m0/s1. The molecular weight excluding hydrogens is 368 g/mol. The van der Waals surface area contributed by atoms with Crippen LogP contribution in [0, 0.1) is 13.8 Å². The molecule has 2 N–H and O–H groups in total. The van der Waals surface area contributed by atoms with E-state index in [-0.39, 0.29) is 6.04 Å². The van der Waals surface area contributed by atoms with Crippen molar-refractivity contribution in [2.75, 3.05) is 12.4 Å². The summed E-state index contributed by atoms with van der Waals surface area (Å²) in [7, 11) is 1.34. The van der Waals surface area contributed by atoms with Crippen molar-refractivity contribution >= 4 is 40.6 Å². The van der Waals surface area contributed by atoms with Crippen molar-refractivity contribution in [3.8, 4) is 0 Å². The number of aryl methyl sites for hydroxylation is 2. The van der Waals surface area contributed by atoms with E-state index in [1.807, 2.05) is 0 Å². The summed E-state index contributed by atoms with van der Waals surface area (Å²) in [6.07, 6.45) is 0.877. The highest BCUT2D eigenvalue weighted by Crippen LogP contribution is 2.25. The third kappa shape index (κ3) is 4.96.